The zero-order chi connectivity index (χ0) is 20.3. The smallest absolute Gasteiger partial charge is 0.409 e. The van der Waals surface area contributed by atoms with Gasteiger partial charge in [0, 0.05) is 11.4 Å². The Kier molecular flexibility index (Phi) is 5.67. The van der Waals surface area contributed by atoms with Crippen LogP contribution in [0.5, 0.6) is 0 Å². The number of fused-ring (bicyclic) bond motifs is 1. The molecule has 2 amide bonds. The number of methoxy groups -OCH3 is 1. The number of ether oxygens (including phenoxy) is 1. The molecule has 0 bridgehead atoms. The lowest BCUT2D eigenvalue weighted by Crippen LogP contribution is -2.35. The number of rotatable bonds is 4. The van der Waals surface area contributed by atoms with Crippen molar-refractivity contribution in [3.63, 3.8) is 0 Å². The number of carbonyl (C=O) groups excluding carboxylic acids is 2. The number of amides is 2. The maximum atomic E-state index is 12.4. The monoisotopic (exact) mass is 419 g/mol. The first kappa shape index (κ1) is 19.9. The van der Waals surface area contributed by atoms with Crippen LogP contribution >= 0.6 is 11.3 Å². The van der Waals surface area contributed by atoms with E-state index in [4.69, 9.17) is 4.74 Å². The Morgan fingerprint density at radius 2 is 2.04 bits per heavy atom. The minimum atomic E-state index is -3.78. The summed E-state index contributed by atoms with van der Waals surface area (Å²) >= 11 is 1.17. The molecule has 8 nitrogen and oxygen atoms in total. The van der Waals surface area contributed by atoms with Crippen molar-refractivity contribution in [2.24, 2.45) is 0 Å². The first-order valence-corrected chi connectivity index (χ1v) is 10.8. The van der Waals surface area contributed by atoms with Crippen LogP contribution in [-0.2, 0) is 32.3 Å². The standard InChI is InChI=1S/C18H17N3O5S2/c1-26-18(23)21-8-7-13-14(9-19)17(27-15(13)10-21)20-16(22)11-28(24,25)12-5-3-2-4-6-12/h2-6H,7-8,10-11H2,1H3,(H,20,22). The lowest BCUT2D eigenvalue weighted by Gasteiger charge is -2.25. The Bertz CT molecular complexity index is 1050. The third kappa shape index (κ3) is 4.00. The number of hydrogen-bond acceptors (Lipinski definition) is 7. The molecule has 1 N–H and O–H groups in total. The summed E-state index contributed by atoms with van der Waals surface area (Å²) < 4.78 is 29.4. The SMILES string of the molecule is COC(=O)N1CCc2c(sc(NC(=O)CS(=O)(=O)c3ccccc3)c2C#N)C1. The van der Waals surface area contributed by atoms with E-state index in [0.29, 0.717) is 23.5 Å². The topological polar surface area (TPSA) is 117 Å². The van der Waals surface area contributed by atoms with Gasteiger partial charge in [-0.3, -0.25) is 4.79 Å². The number of sulfone groups is 1. The van der Waals surface area contributed by atoms with Crippen LogP contribution in [-0.4, -0.2) is 44.7 Å². The van der Waals surface area contributed by atoms with E-state index in [-0.39, 0.29) is 11.4 Å². The van der Waals surface area contributed by atoms with Gasteiger partial charge in [0.1, 0.15) is 16.8 Å². The van der Waals surface area contributed by atoms with Gasteiger partial charge in [-0.1, -0.05) is 18.2 Å². The van der Waals surface area contributed by atoms with Gasteiger partial charge in [0.25, 0.3) is 0 Å². The number of nitrogens with one attached hydrogen (secondary N) is 1. The number of nitriles is 1. The molecule has 1 aliphatic heterocycles. The van der Waals surface area contributed by atoms with E-state index in [1.165, 1.54) is 35.5 Å². The highest BCUT2D eigenvalue weighted by Gasteiger charge is 2.28. The van der Waals surface area contributed by atoms with E-state index >= 15 is 0 Å². The van der Waals surface area contributed by atoms with Gasteiger partial charge in [-0.2, -0.15) is 5.26 Å². The Morgan fingerprint density at radius 1 is 1.32 bits per heavy atom. The molecular weight excluding hydrogens is 402 g/mol. The molecule has 2 heterocycles. The molecule has 2 aromatic rings. The predicted octanol–water partition coefficient (Wildman–Crippen LogP) is 2.16. The van der Waals surface area contributed by atoms with Gasteiger partial charge in [-0.25, -0.2) is 13.2 Å². The highest BCUT2D eigenvalue weighted by Crippen LogP contribution is 2.36. The summed E-state index contributed by atoms with van der Waals surface area (Å²) in [5, 5.41) is 12.3. The molecule has 1 aromatic carbocycles. The summed E-state index contributed by atoms with van der Waals surface area (Å²) in [6.07, 6.45) is -0.000692. The lowest BCUT2D eigenvalue weighted by molar-refractivity contribution is -0.113. The largest absolute Gasteiger partial charge is 0.453 e. The third-order valence-corrected chi connectivity index (χ3v) is 7.04. The molecule has 0 saturated heterocycles. The van der Waals surface area contributed by atoms with E-state index in [0.717, 1.165) is 10.4 Å². The zero-order valence-corrected chi connectivity index (χ0v) is 16.6. The first-order valence-electron chi connectivity index (χ1n) is 8.31. The fourth-order valence-corrected chi connectivity index (χ4v) is 5.33. The number of carbonyl (C=O) groups is 2. The number of nitrogens with zero attached hydrogens (tertiary/aromatic N) is 2. The van der Waals surface area contributed by atoms with Crippen molar-refractivity contribution in [2.75, 3.05) is 24.7 Å². The summed E-state index contributed by atoms with van der Waals surface area (Å²) in [7, 11) is -2.49. The van der Waals surface area contributed by atoms with Crippen LogP contribution in [0.3, 0.4) is 0 Å². The average Bonchev–Trinajstić information content (AvgIpc) is 3.03. The zero-order valence-electron chi connectivity index (χ0n) is 15.0. The summed E-state index contributed by atoms with van der Waals surface area (Å²) in [4.78, 5) is 26.4. The van der Waals surface area contributed by atoms with E-state index < -0.39 is 27.6 Å². The van der Waals surface area contributed by atoms with Gasteiger partial charge in [0.2, 0.25) is 5.91 Å². The highest BCUT2D eigenvalue weighted by molar-refractivity contribution is 7.92. The Hall–Kier alpha value is -2.90. The summed E-state index contributed by atoms with van der Waals surface area (Å²) in [5.41, 5.74) is 1.09. The second kappa shape index (κ2) is 8.00. The summed E-state index contributed by atoms with van der Waals surface area (Å²) in [5.74, 6) is -1.44. The molecular formula is C18H17N3O5S2. The fraction of sp³-hybridized carbons (Fsp3) is 0.278. The summed E-state index contributed by atoms with van der Waals surface area (Å²) in [6, 6.07) is 9.77. The van der Waals surface area contributed by atoms with Crippen LogP contribution in [0.4, 0.5) is 9.80 Å². The molecule has 3 rings (SSSR count). The number of hydrogen-bond donors (Lipinski definition) is 1. The second-order valence-electron chi connectivity index (χ2n) is 6.08. The predicted molar refractivity (Wildman–Crippen MR) is 103 cm³/mol. The van der Waals surface area contributed by atoms with Crippen molar-refractivity contribution in [3.8, 4) is 6.07 Å². The second-order valence-corrected chi connectivity index (χ2v) is 9.18. The van der Waals surface area contributed by atoms with Gasteiger partial charge in [-0.15, -0.1) is 11.3 Å². The molecule has 0 spiro atoms. The van der Waals surface area contributed by atoms with Gasteiger partial charge < -0.3 is 15.0 Å². The molecule has 1 aliphatic rings. The molecule has 146 valence electrons. The lowest BCUT2D eigenvalue weighted by atomic mass is 10.0. The van der Waals surface area contributed by atoms with Gasteiger partial charge in [-0.05, 0) is 24.1 Å². The third-order valence-electron chi connectivity index (χ3n) is 4.28. The quantitative estimate of drug-likeness (QED) is 0.812. The molecule has 0 aliphatic carbocycles. The minimum Gasteiger partial charge on any atom is -0.453 e. The van der Waals surface area contributed by atoms with Gasteiger partial charge >= 0.3 is 6.09 Å². The Labute approximate surface area is 166 Å². The number of benzene rings is 1. The van der Waals surface area contributed by atoms with E-state index in [2.05, 4.69) is 11.4 Å². The van der Waals surface area contributed by atoms with Crippen LogP contribution < -0.4 is 5.32 Å². The maximum absolute atomic E-state index is 12.4. The van der Waals surface area contributed by atoms with Crippen LogP contribution in [0, 0.1) is 11.3 Å². The molecule has 0 saturated carbocycles. The van der Waals surface area contributed by atoms with Crippen molar-refractivity contribution in [1.82, 2.24) is 4.90 Å². The Balaban J connectivity index is 1.78. The molecule has 28 heavy (non-hydrogen) atoms. The maximum Gasteiger partial charge on any atom is 0.409 e. The van der Waals surface area contributed by atoms with Crippen LogP contribution in [0.15, 0.2) is 35.2 Å². The molecule has 1 aromatic heterocycles. The van der Waals surface area contributed by atoms with Gasteiger partial charge in [0.15, 0.2) is 9.84 Å². The minimum absolute atomic E-state index is 0.0600. The fourth-order valence-electron chi connectivity index (χ4n) is 2.94. The average molecular weight is 419 g/mol. The molecule has 0 radical (unpaired) electrons. The van der Waals surface area contributed by atoms with E-state index in [1.54, 1.807) is 18.2 Å². The Morgan fingerprint density at radius 3 is 2.68 bits per heavy atom. The normalized spacial score (nSPS) is 13.4. The summed E-state index contributed by atoms with van der Waals surface area (Å²) in [6.45, 7) is 0.681. The molecule has 0 fully saturated rings. The van der Waals surface area contributed by atoms with Crippen molar-refractivity contribution >= 4 is 38.2 Å². The molecule has 10 heteroatoms. The van der Waals surface area contributed by atoms with Crippen LogP contribution in [0.1, 0.15) is 16.0 Å². The molecule has 0 unspecified atom stereocenters. The van der Waals surface area contributed by atoms with Crippen molar-refractivity contribution in [2.45, 2.75) is 17.9 Å². The first-order chi connectivity index (χ1) is 13.4. The van der Waals surface area contributed by atoms with Crippen molar-refractivity contribution < 1.29 is 22.7 Å². The van der Waals surface area contributed by atoms with Crippen LogP contribution in [0.2, 0.25) is 0 Å². The highest BCUT2D eigenvalue weighted by atomic mass is 32.2. The molecule has 0 atom stereocenters. The van der Waals surface area contributed by atoms with Crippen molar-refractivity contribution in [1.29, 1.82) is 5.26 Å². The van der Waals surface area contributed by atoms with E-state index in [1.807, 2.05) is 0 Å². The number of anilines is 1. The van der Waals surface area contributed by atoms with Crippen molar-refractivity contribution in [3.05, 3.63) is 46.3 Å². The van der Waals surface area contributed by atoms with Gasteiger partial charge in [0.05, 0.1) is 24.1 Å². The number of thiophene rings is 1. The van der Waals surface area contributed by atoms with Crippen LogP contribution in [0.25, 0.3) is 0 Å². The van der Waals surface area contributed by atoms with E-state index in [9.17, 15) is 23.3 Å².